The molecule has 6 heteroatoms. The van der Waals surface area contributed by atoms with Gasteiger partial charge in [-0.25, -0.2) is 4.68 Å². The Morgan fingerprint density at radius 1 is 1.32 bits per heavy atom. The summed E-state index contributed by atoms with van der Waals surface area (Å²) in [4.78, 5) is 14.1. The van der Waals surface area contributed by atoms with Crippen LogP contribution in [-0.4, -0.2) is 37.6 Å². The monoisotopic (exact) mass is 299 g/mol. The van der Waals surface area contributed by atoms with E-state index in [4.69, 9.17) is 0 Å². The van der Waals surface area contributed by atoms with Gasteiger partial charge in [-0.15, -0.1) is 0 Å². The van der Waals surface area contributed by atoms with Crippen molar-refractivity contribution in [2.24, 2.45) is 13.0 Å². The minimum atomic E-state index is -0.00888. The molecule has 0 bridgehead atoms. The number of fused-ring (bicyclic) bond motifs is 1. The first-order chi connectivity index (χ1) is 10.7. The molecular weight excluding hydrogens is 278 g/mol. The van der Waals surface area contributed by atoms with Gasteiger partial charge in [-0.2, -0.15) is 10.2 Å². The molecule has 116 valence electrons. The summed E-state index contributed by atoms with van der Waals surface area (Å²) in [6.07, 6.45) is 5.24. The smallest absolute Gasteiger partial charge is 0.266 e. The Morgan fingerprint density at radius 3 is 3.00 bits per heavy atom. The van der Waals surface area contributed by atoms with Crippen LogP contribution in [-0.2, 0) is 33.0 Å². The van der Waals surface area contributed by atoms with Gasteiger partial charge >= 0.3 is 0 Å². The van der Waals surface area contributed by atoms with Gasteiger partial charge in [0.2, 0.25) is 0 Å². The topological polar surface area (TPSA) is 56.0 Å². The van der Waals surface area contributed by atoms with E-state index in [1.807, 2.05) is 0 Å². The Morgan fingerprint density at radius 2 is 2.18 bits per heavy atom. The fraction of sp³-hybridized carbons (Fsp3) is 0.562. The van der Waals surface area contributed by atoms with Gasteiger partial charge < -0.3 is 0 Å². The summed E-state index contributed by atoms with van der Waals surface area (Å²) in [5, 5.41) is 8.77. The number of nitrogens with zero attached hydrogens (tertiary/aromatic N) is 5. The molecular formula is C16H21N5O. The fourth-order valence-electron chi connectivity index (χ4n) is 3.69. The first-order valence-electron chi connectivity index (χ1n) is 7.99. The lowest BCUT2D eigenvalue weighted by Crippen LogP contribution is -2.49. The second-order valence-electron chi connectivity index (χ2n) is 6.45. The Balaban J connectivity index is 1.37. The van der Waals surface area contributed by atoms with Crippen LogP contribution < -0.4 is 5.56 Å². The zero-order chi connectivity index (χ0) is 15.1. The quantitative estimate of drug-likeness (QED) is 0.829. The predicted octanol–water partition coefficient (Wildman–Crippen LogP) is 0.597. The van der Waals surface area contributed by atoms with Gasteiger partial charge in [0.15, 0.2) is 0 Å². The molecule has 1 fully saturated rings. The van der Waals surface area contributed by atoms with Crippen LogP contribution in [0.25, 0.3) is 0 Å². The Hall–Kier alpha value is -1.95. The highest BCUT2D eigenvalue weighted by Crippen LogP contribution is 2.27. The van der Waals surface area contributed by atoms with Crippen molar-refractivity contribution in [3.8, 4) is 0 Å². The van der Waals surface area contributed by atoms with Crippen LogP contribution in [0.3, 0.4) is 0 Å². The summed E-state index contributed by atoms with van der Waals surface area (Å²) in [7, 11) is 2.05. The van der Waals surface area contributed by atoms with Crippen molar-refractivity contribution in [3.05, 3.63) is 45.6 Å². The van der Waals surface area contributed by atoms with Crippen LogP contribution in [0, 0.1) is 5.92 Å². The maximum atomic E-state index is 11.7. The molecule has 1 saturated heterocycles. The number of aromatic nitrogens is 4. The van der Waals surface area contributed by atoms with E-state index in [0.717, 1.165) is 32.6 Å². The average molecular weight is 299 g/mol. The summed E-state index contributed by atoms with van der Waals surface area (Å²) < 4.78 is 3.63. The lowest BCUT2D eigenvalue weighted by Gasteiger charge is -2.39. The second-order valence-corrected chi connectivity index (χ2v) is 6.45. The van der Waals surface area contributed by atoms with E-state index in [0.29, 0.717) is 5.92 Å². The van der Waals surface area contributed by atoms with E-state index >= 15 is 0 Å². The molecule has 2 aromatic heterocycles. The molecule has 3 heterocycles. The first-order valence-corrected chi connectivity index (χ1v) is 7.99. The van der Waals surface area contributed by atoms with E-state index in [2.05, 4.69) is 26.8 Å². The molecule has 0 N–H and O–H groups in total. The third kappa shape index (κ3) is 2.37. The summed E-state index contributed by atoms with van der Waals surface area (Å²) >= 11 is 0. The zero-order valence-electron chi connectivity index (χ0n) is 12.9. The minimum Gasteiger partial charge on any atom is -0.297 e. The van der Waals surface area contributed by atoms with Crippen LogP contribution in [0.15, 0.2) is 23.1 Å². The van der Waals surface area contributed by atoms with Crippen LogP contribution in [0.5, 0.6) is 0 Å². The SMILES string of the molecule is Cn1nc2c(c1CN1CC(Cn3ncccc3=O)C1)CCC2. The number of aryl methyl sites for hydroxylation is 2. The maximum Gasteiger partial charge on any atom is 0.266 e. The molecule has 2 aromatic rings. The highest BCUT2D eigenvalue weighted by Gasteiger charge is 2.30. The normalized spacial score (nSPS) is 18.4. The molecule has 22 heavy (non-hydrogen) atoms. The van der Waals surface area contributed by atoms with Crippen molar-refractivity contribution in [2.45, 2.75) is 32.4 Å². The van der Waals surface area contributed by atoms with E-state index in [9.17, 15) is 4.79 Å². The van der Waals surface area contributed by atoms with Crippen molar-refractivity contribution in [3.63, 3.8) is 0 Å². The molecule has 0 spiro atoms. The molecule has 4 rings (SSSR count). The number of hydrogen-bond acceptors (Lipinski definition) is 4. The Kier molecular flexibility index (Phi) is 3.33. The van der Waals surface area contributed by atoms with Gasteiger partial charge in [0.25, 0.3) is 5.56 Å². The summed E-state index contributed by atoms with van der Waals surface area (Å²) in [6, 6.07) is 3.26. The van der Waals surface area contributed by atoms with Crippen molar-refractivity contribution >= 4 is 0 Å². The van der Waals surface area contributed by atoms with E-state index in [-0.39, 0.29) is 5.56 Å². The largest absolute Gasteiger partial charge is 0.297 e. The molecule has 0 saturated carbocycles. The van der Waals surface area contributed by atoms with Crippen molar-refractivity contribution < 1.29 is 0 Å². The van der Waals surface area contributed by atoms with Crippen LogP contribution in [0.1, 0.15) is 23.4 Å². The molecule has 0 radical (unpaired) electrons. The third-order valence-electron chi connectivity index (χ3n) is 4.82. The average Bonchev–Trinajstić information content (AvgIpc) is 3.01. The van der Waals surface area contributed by atoms with Gasteiger partial charge in [-0.1, -0.05) is 0 Å². The minimum absolute atomic E-state index is 0.00888. The van der Waals surface area contributed by atoms with Crippen molar-refractivity contribution in [1.29, 1.82) is 0 Å². The van der Waals surface area contributed by atoms with Gasteiger partial charge in [0.05, 0.1) is 17.9 Å². The molecule has 0 aromatic carbocycles. The van der Waals surface area contributed by atoms with Crippen molar-refractivity contribution in [1.82, 2.24) is 24.5 Å². The molecule has 6 nitrogen and oxygen atoms in total. The Bertz CT molecular complexity index is 741. The van der Waals surface area contributed by atoms with Gasteiger partial charge in [-0.3, -0.25) is 14.4 Å². The third-order valence-corrected chi connectivity index (χ3v) is 4.82. The molecule has 0 atom stereocenters. The lowest BCUT2D eigenvalue weighted by molar-refractivity contribution is 0.0739. The summed E-state index contributed by atoms with van der Waals surface area (Å²) in [5.41, 5.74) is 4.15. The second kappa shape index (κ2) is 5.35. The lowest BCUT2D eigenvalue weighted by atomic mass is 9.99. The Labute approximate surface area is 129 Å². The van der Waals surface area contributed by atoms with E-state index in [1.54, 1.807) is 23.0 Å². The molecule has 0 amide bonds. The maximum absolute atomic E-state index is 11.7. The highest BCUT2D eigenvalue weighted by molar-refractivity contribution is 5.30. The van der Waals surface area contributed by atoms with Gasteiger partial charge in [0, 0.05) is 44.9 Å². The zero-order valence-corrected chi connectivity index (χ0v) is 12.9. The standard InChI is InChI=1S/C16H21N5O/c1-19-15(13-4-2-5-14(13)18-19)11-20-8-12(9-20)10-21-16(22)6-3-7-17-21/h3,6-7,12H,2,4-5,8-11H2,1H3. The van der Waals surface area contributed by atoms with Crippen LogP contribution >= 0.6 is 0 Å². The highest BCUT2D eigenvalue weighted by atomic mass is 16.1. The number of hydrogen-bond donors (Lipinski definition) is 0. The van der Waals surface area contributed by atoms with E-state index in [1.165, 1.54) is 29.8 Å². The van der Waals surface area contributed by atoms with E-state index < -0.39 is 0 Å². The van der Waals surface area contributed by atoms with Gasteiger partial charge in [-0.05, 0) is 30.9 Å². The van der Waals surface area contributed by atoms with Crippen molar-refractivity contribution in [2.75, 3.05) is 13.1 Å². The summed E-state index contributed by atoms with van der Waals surface area (Å²) in [6.45, 7) is 3.76. The van der Waals surface area contributed by atoms with Crippen LogP contribution in [0.4, 0.5) is 0 Å². The molecule has 0 unspecified atom stereocenters. The molecule has 2 aliphatic rings. The number of likely N-dealkylation sites (tertiary alicyclic amines) is 1. The number of rotatable bonds is 4. The van der Waals surface area contributed by atoms with Gasteiger partial charge in [0.1, 0.15) is 0 Å². The van der Waals surface area contributed by atoms with Crippen LogP contribution in [0.2, 0.25) is 0 Å². The predicted molar refractivity (Wildman–Crippen MR) is 82.5 cm³/mol. The first kappa shape index (κ1) is 13.7. The summed E-state index contributed by atoms with van der Waals surface area (Å²) in [5.74, 6) is 0.522. The molecule has 1 aliphatic heterocycles. The molecule has 1 aliphatic carbocycles. The fourth-order valence-corrected chi connectivity index (χ4v) is 3.69.